The van der Waals surface area contributed by atoms with Gasteiger partial charge in [0, 0.05) is 11.4 Å². The highest BCUT2D eigenvalue weighted by Gasteiger charge is 2.21. The monoisotopic (exact) mass is 306 g/mol. The number of hydrogen-bond donors (Lipinski definition) is 0. The van der Waals surface area contributed by atoms with Crippen LogP contribution in [0.15, 0.2) is 65.3 Å². The molecule has 4 nitrogen and oxygen atoms in total. The van der Waals surface area contributed by atoms with E-state index in [2.05, 4.69) is 4.98 Å². The van der Waals surface area contributed by atoms with Crippen LogP contribution in [0.5, 0.6) is 0 Å². The van der Waals surface area contributed by atoms with Gasteiger partial charge in [0.2, 0.25) is 0 Å². The van der Waals surface area contributed by atoms with Crippen LogP contribution in [0.2, 0.25) is 0 Å². The van der Waals surface area contributed by atoms with E-state index in [0.717, 1.165) is 22.8 Å². The molecule has 0 spiro atoms. The number of pyridine rings is 1. The van der Waals surface area contributed by atoms with Crippen LogP contribution in [0, 0.1) is 13.8 Å². The van der Waals surface area contributed by atoms with Crippen molar-refractivity contribution in [2.45, 2.75) is 20.4 Å². The molecule has 0 radical (unpaired) electrons. The number of nitrogens with zero attached hydrogens (tertiary/aromatic N) is 2. The molecule has 0 aliphatic carbocycles. The molecule has 2 heterocycles. The third-order valence-electron chi connectivity index (χ3n) is 3.66. The second kappa shape index (κ2) is 6.48. The van der Waals surface area contributed by atoms with E-state index >= 15 is 0 Å². The van der Waals surface area contributed by atoms with Crippen molar-refractivity contribution in [2.75, 3.05) is 4.90 Å². The number of aromatic nitrogens is 1. The number of amides is 1. The molecular formula is C19H18N2O2. The third-order valence-corrected chi connectivity index (χ3v) is 3.66. The predicted octanol–water partition coefficient (Wildman–Crippen LogP) is 4.14. The van der Waals surface area contributed by atoms with Crippen LogP contribution in [-0.4, -0.2) is 10.9 Å². The van der Waals surface area contributed by atoms with Crippen molar-refractivity contribution in [2.24, 2.45) is 0 Å². The summed E-state index contributed by atoms with van der Waals surface area (Å²) in [6, 6.07) is 17.0. The van der Waals surface area contributed by atoms with Gasteiger partial charge in [-0.1, -0.05) is 18.2 Å². The van der Waals surface area contributed by atoms with Crippen molar-refractivity contribution in [3.05, 3.63) is 83.6 Å². The molecular weight excluding hydrogens is 288 g/mol. The Labute approximate surface area is 135 Å². The smallest absolute Gasteiger partial charge is 0.260 e. The van der Waals surface area contributed by atoms with E-state index in [9.17, 15) is 4.79 Å². The molecule has 4 heteroatoms. The zero-order valence-corrected chi connectivity index (χ0v) is 13.2. The molecule has 0 unspecified atom stereocenters. The minimum atomic E-state index is -0.0856. The quantitative estimate of drug-likeness (QED) is 0.728. The van der Waals surface area contributed by atoms with Gasteiger partial charge in [-0.3, -0.25) is 9.78 Å². The normalized spacial score (nSPS) is 10.5. The Morgan fingerprint density at radius 2 is 1.83 bits per heavy atom. The predicted molar refractivity (Wildman–Crippen MR) is 89.4 cm³/mol. The summed E-state index contributed by atoms with van der Waals surface area (Å²) in [5, 5.41) is 0. The maximum atomic E-state index is 13.0. The Bertz CT molecular complexity index is 796. The number of furan rings is 1. The lowest BCUT2D eigenvalue weighted by atomic mass is 10.1. The van der Waals surface area contributed by atoms with Gasteiger partial charge in [0.15, 0.2) is 0 Å². The highest BCUT2D eigenvalue weighted by Crippen LogP contribution is 2.21. The SMILES string of the molecule is Cc1ccc(C(=O)N(Cc2ccco2)c2ccccc2)c(C)n1. The second-order valence-electron chi connectivity index (χ2n) is 5.39. The number of anilines is 1. The van der Waals surface area contributed by atoms with Crippen LogP contribution in [0.1, 0.15) is 27.5 Å². The average Bonchev–Trinajstić information content (AvgIpc) is 3.06. The van der Waals surface area contributed by atoms with Gasteiger partial charge in [0.1, 0.15) is 5.76 Å². The largest absolute Gasteiger partial charge is 0.467 e. The van der Waals surface area contributed by atoms with E-state index in [1.54, 1.807) is 11.2 Å². The first-order valence-corrected chi connectivity index (χ1v) is 7.48. The molecule has 3 rings (SSSR count). The first kappa shape index (κ1) is 15.0. The molecule has 0 bridgehead atoms. The molecule has 23 heavy (non-hydrogen) atoms. The molecule has 0 aliphatic heterocycles. The van der Waals surface area contributed by atoms with Crippen molar-refractivity contribution >= 4 is 11.6 Å². The topological polar surface area (TPSA) is 46.3 Å². The summed E-state index contributed by atoms with van der Waals surface area (Å²) in [5.41, 5.74) is 3.06. The maximum absolute atomic E-state index is 13.0. The number of para-hydroxylation sites is 1. The average molecular weight is 306 g/mol. The summed E-state index contributed by atoms with van der Waals surface area (Å²) < 4.78 is 5.41. The standard InChI is InChI=1S/C19H18N2O2/c1-14-10-11-18(15(2)20-14)19(22)21(13-17-9-6-12-23-17)16-7-4-3-5-8-16/h3-12H,13H2,1-2H3. The number of benzene rings is 1. The summed E-state index contributed by atoms with van der Waals surface area (Å²) >= 11 is 0. The summed E-state index contributed by atoms with van der Waals surface area (Å²) in [5.74, 6) is 0.650. The van der Waals surface area contributed by atoms with Crippen molar-refractivity contribution in [3.8, 4) is 0 Å². The Kier molecular flexibility index (Phi) is 4.24. The highest BCUT2D eigenvalue weighted by atomic mass is 16.3. The van der Waals surface area contributed by atoms with E-state index in [0.29, 0.717) is 12.1 Å². The van der Waals surface area contributed by atoms with Gasteiger partial charge in [-0.2, -0.15) is 0 Å². The van der Waals surface area contributed by atoms with Crippen molar-refractivity contribution in [1.29, 1.82) is 0 Å². The molecule has 0 fully saturated rings. The Hall–Kier alpha value is -2.88. The van der Waals surface area contributed by atoms with E-state index in [-0.39, 0.29) is 5.91 Å². The van der Waals surface area contributed by atoms with Crippen LogP contribution < -0.4 is 4.90 Å². The van der Waals surface area contributed by atoms with Gasteiger partial charge in [0.05, 0.1) is 24.1 Å². The lowest BCUT2D eigenvalue weighted by Crippen LogP contribution is -2.31. The van der Waals surface area contributed by atoms with Gasteiger partial charge >= 0.3 is 0 Å². The molecule has 2 aromatic heterocycles. The minimum absolute atomic E-state index is 0.0856. The molecule has 0 aliphatic rings. The molecule has 3 aromatic rings. The van der Waals surface area contributed by atoms with Crippen molar-refractivity contribution < 1.29 is 9.21 Å². The lowest BCUT2D eigenvalue weighted by molar-refractivity contribution is 0.0982. The Morgan fingerprint density at radius 1 is 1.04 bits per heavy atom. The molecule has 1 aromatic carbocycles. The first-order chi connectivity index (χ1) is 11.1. The second-order valence-corrected chi connectivity index (χ2v) is 5.39. The highest BCUT2D eigenvalue weighted by molar-refractivity contribution is 6.06. The van der Waals surface area contributed by atoms with Crippen LogP contribution in [0.4, 0.5) is 5.69 Å². The Balaban J connectivity index is 1.98. The summed E-state index contributed by atoms with van der Waals surface area (Å²) in [4.78, 5) is 19.2. The molecule has 0 N–H and O–H groups in total. The number of rotatable bonds is 4. The summed E-state index contributed by atoms with van der Waals surface area (Å²) in [7, 11) is 0. The molecule has 0 saturated carbocycles. The van der Waals surface area contributed by atoms with E-state index < -0.39 is 0 Å². The van der Waals surface area contributed by atoms with Gasteiger partial charge in [0.25, 0.3) is 5.91 Å². The molecule has 0 atom stereocenters. The van der Waals surface area contributed by atoms with E-state index in [4.69, 9.17) is 4.42 Å². The number of aryl methyl sites for hydroxylation is 2. The fourth-order valence-electron chi connectivity index (χ4n) is 2.50. The van der Waals surface area contributed by atoms with Crippen molar-refractivity contribution in [3.63, 3.8) is 0 Å². The molecule has 1 amide bonds. The number of carbonyl (C=O) groups is 1. The Morgan fingerprint density at radius 3 is 2.48 bits per heavy atom. The maximum Gasteiger partial charge on any atom is 0.260 e. The molecule has 0 saturated heterocycles. The fraction of sp³-hybridized carbons (Fsp3) is 0.158. The van der Waals surface area contributed by atoms with E-state index in [1.807, 2.05) is 68.4 Å². The van der Waals surface area contributed by atoms with E-state index in [1.165, 1.54) is 0 Å². The van der Waals surface area contributed by atoms with Crippen molar-refractivity contribution in [1.82, 2.24) is 4.98 Å². The van der Waals surface area contributed by atoms with Gasteiger partial charge < -0.3 is 9.32 Å². The van der Waals surface area contributed by atoms with Gasteiger partial charge in [-0.15, -0.1) is 0 Å². The van der Waals surface area contributed by atoms with Crippen LogP contribution >= 0.6 is 0 Å². The first-order valence-electron chi connectivity index (χ1n) is 7.48. The molecule has 116 valence electrons. The number of carbonyl (C=O) groups excluding carboxylic acids is 1. The van der Waals surface area contributed by atoms with Crippen LogP contribution in [-0.2, 0) is 6.54 Å². The summed E-state index contributed by atoms with van der Waals surface area (Å²) in [6.45, 7) is 4.15. The fourth-order valence-corrected chi connectivity index (χ4v) is 2.50. The third kappa shape index (κ3) is 3.31. The lowest BCUT2D eigenvalue weighted by Gasteiger charge is -2.22. The zero-order valence-electron chi connectivity index (χ0n) is 13.2. The summed E-state index contributed by atoms with van der Waals surface area (Å²) in [6.07, 6.45) is 1.61. The number of hydrogen-bond acceptors (Lipinski definition) is 3. The minimum Gasteiger partial charge on any atom is -0.467 e. The van der Waals surface area contributed by atoms with Crippen LogP contribution in [0.25, 0.3) is 0 Å². The van der Waals surface area contributed by atoms with Gasteiger partial charge in [-0.25, -0.2) is 0 Å². The van der Waals surface area contributed by atoms with Gasteiger partial charge in [-0.05, 0) is 50.2 Å². The van der Waals surface area contributed by atoms with Crippen LogP contribution in [0.3, 0.4) is 0 Å². The zero-order chi connectivity index (χ0) is 16.2.